The van der Waals surface area contributed by atoms with Gasteiger partial charge in [-0.3, -0.25) is 9.89 Å². The largest absolute Gasteiger partial charge is 0.355 e. The molecule has 0 saturated carbocycles. The minimum absolute atomic E-state index is 0.0833. The summed E-state index contributed by atoms with van der Waals surface area (Å²) < 4.78 is 13.8. The number of hydrogen-bond donors (Lipinski definition) is 2. The van der Waals surface area contributed by atoms with Crippen molar-refractivity contribution in [2.24, 2.45) is 0 Å². The maximum atomic E-state index is 13.8. The van der Waals surface area contributed by atoms with Crippen LogP contribution in [0, 0.1) is 5.82 Å². The third kappa shape index (κ3) is 4.95. The Morgan fingerprint density at radius 2 is 1.85 bits per heavy atom. The van der Waals surface area contributed by atoms with Crippen LogP contribution in [0.3, 0.4) is 0 Å². The number of H-pyrrole nitrogens is 1. The molecule has 0 fully saturated rings. The standard InChI is InChI=1S/C20H21FN4OS/c1-13(15-8-4-3-5-9-15)12-22-19(26)14(2)27-20-23-18(24-25-20)16-10-6-7-11-17(16)21/h3-11,13-14H,12H2,1-2H3,(H,22,26)(H,23,24,25). The Labute approximate surface area is 161 Å². The third-order valence-corrected chi connectivity index (χ3v) is 5.16. The van der Waals surface area contributed by atoms with Crippen LogP contribution in [0.1, 0.15) is 25.3 Å². The molecule has 0 saturated heterocycles. The zero-order chi connectivity index (χ0) is 19.2. The molecule has 3 aromatic rings. The Kier molecular flexibility index (Phi) is 6.24. The molecule has 1 aromatic heterocycles. The summed E-state index contributed by atoms with van der Waals surface area (Å²) in [5.74, 6) is 0.121. The van der Waals surface area contributed by atoms with Crippen molar-refractivity contribution in [1.82, 2.24) is 20.5 Å². The van der Waals surface area contributed by atoms with E-state index in [4.69, 9.17) is 0 Å². The molecule has 0 aliphatic rings. The van der Waals surface area contributed by atoms with E-state index < -0.39 is 0 Å². The summed E-state index contributed by atoms with van der Waals surface area (Å²) in [7, 11) is 0. The van der Waals surface area contributed by atoms with Crippen molar-refractivity contribution >= 4 is 17.7 Å². The highest BCUT2D eigenvalue weighted by atomic mass is 32.2. The van der Waals surface area contributed by atoms with E-state index in [1.165, 1.54) is 23.4 Å². The van der Waals surface area contributed by atoms with Crippen molar-refractivity contribution in [3.63, 3.8) is 0 Å². The van der Waals surface area contributed by atoms with Crippen molar-refractivity contribution in [3.05, 3.63) is 66.0 Å². The number of thioether (sulfide) groups is 1. The summed E-state index contributed by atoms with van der Waals surface area (Å²) in [6.45, 7) is 4.43. The van der Waals surface area contributed by atoms with Gasteiger partial charge < -0.3 is 5.32 Å². The fourth-order valence-corrected chi connectivity index (χ4v) is 3.33. The molecule has 3 rings (SSSR count). The number of nitrogens with zero attached hydrogens (tertiary/aromatic N) is 2. The van der Waals surface area contributed by atoms with E-state index in [1.54, 1.807) is 25.1 Å². The van der Waals surface area contributed by atoms with E-state index in [9.17, 15) is 9.18 Å². The molecule has 0 aliphatic heterocycles. The lowest BCUT2D eigenvalue weighted by Gasteiger charge is -2.15. The summed E-state index contributed by atoms with van der Waals surface area (Å²) in [4.78, 5) is 16.6. The number of carbonyl (C=O) groups excluding carboxylic acids is 1. The van der Waals surface area contributed by atoms with Crippen molar-refractivity contribution in [2.45, 2.75) is 30.2 Å². The van der Waals surface area contributed by atoms with Crippen LogP contribution < -0.4 is 5.32 Å². The molecule has 1 heterocycles. The number of rotatable bonds is 7. The maximum absolute atomic E-state index is 13.8. The van der Waals surface area contributed by atoms with Crippen LogP contribution in [-0.2, 0) is 4.79 Å². The topological polar surface area (TPSA) is 70.7 Å². The van der Waals surface area contributed by atoms with Crippen LogP contribution in [0.5, 0.6) is 0 Å². The normalized spacial score (nSPS) is 13.1. The Hall–Kier alpha value is -2.67. The van der Waals surface area contributed by atoms with E-state index in [0.717, 1.165) is 0 Å². The summed E-state index contributed by atoms with van der Waals surface area (Å²) in [5.41, 5.74) is 1.53. The molecule has 5 nitrogen and oxygen atoms in total. The van der Waals surface area contributed by atoms with Gasteiger partial charge in [-0.2, -0.15) is 0 Å². The molecular formula is C20H21FN4OS. The Morgan fingerprint density at radius 1 is 1.15 bits per heavy atom. The molecule has 0 radical (unpaired) electrons. The van der Waals surface area contributed by atoms with Crippen LogP contribution in [0.25, 0.3) is 11.4 Å². The first-order valence-electron chi connectivity index (χ1n) is 8.71. The van der Waals surface area contributed by atoms with Gasteiger partial charge in [-0.05, 0) is 30.5 Å². The number of hydrogen-bond acceptors (Lipinski definition) is 4. The second-order valence-electron chi connectivity index (χ2n) is 6.26. The van der Waals surface area contributed by atoms with Gasteiger partial charge in [0, 0.05) is 6.54 Å². The highest BCUT2D eigenvalue weighted by Gasteiger charge is 2.19. The van der Waals surface area contributed by atoms with Crippen molar-refractivity contribution in [1.29, 1.82) is 0 Å². The fraction of sp³-hybridized carbons (Fsp3) is 0.250. The average molecular weight is 384 g/mol. The number of nitrogens with one attached hydrogen (secondary N) is 2. The van der Waals surface area contributed by atoms with Gasteiger partial charge in [0.25, 0.3) is 0 Å². The molecule has 0 aliphatic carbocycles. The highest BCUT2D eigenvalue weighted by Crippen LogP contribution is 2.24. The maximum Gasteiger partial charge on any atom is 0.233 e. The van der Waals surface area contributed by atoms with Gasteiger partial charge in [-0.1, -0.05) is 61.2 Å². The van der Waals surface area contributed by atoms with Gasteiger partial charge >= 0.3 is 0 Å². The van der Waals surface area contributed by atoms with Gasteiger partial charge in [-0.15, -0.1) is 5.10 Å². The lowest BCUT2D eigenvalue weighted by Crippen LogP contribution is -2.33. The van der Waals surface area contributed by atoms with Crippen molar-refractivity contribution in [3.8, 4) is 11.4 Å². The summed E-state index contributed by atoms with van der Waals surface area (Å²) in [5, 5.41) is 9.81. The van der Waals surface area contributed by atoms with Crippen LogP contribution in [0.2, 0.25) is 0 Å². The minimum Gasteiger partial charge on any atom is -0.355 e. The Bertz CT molecular complexity index is 900. The van der Waals surface area contributed by atoms with Crippen LogP contribution >= 0.6 is 11.8 Å². The predicted molar refractivity (Wildman–Crippen MR) is 105 cm³/mol. The Morgan fingerprint density at radius 3 is 2.59 bits per heavy atom. The predicted octanol–water partition coefficient (Wildman–Crippen LogP) is 4.01. The van der Waals surface area contributed by atoms with Crippen LogP contribution in [0.4, 0.5) is 4.39 Å². The molecule has 2 atom stereocenters. The summed E-state index contributed by atoms with van der Waals surface area (Å²) >= 11 is 1.23. The molecule has 1 amide bonds. The zero-order valence-corrected chi connectivity index (χ0v) is 16.0. The molecular weight excluding hydrogens is 363 g/mol. The molecule has 0 spiro atoms. The summed E-state index contributed by atoms with van der Waals surface area (Å²) in [6, 6.07) is 16.4. The quantitative estimate of drug-likeness (QED) is 0.604. The van der Waals surface area contributed by atoms with Gasteiger partial charge in [0.2, 0.25) is 11.1 Å². The Balaban J connectivity index is 1.55. The first-order chi connectivity index (χ1) is 13.0. The molecule has 2 unspecified atom stereocenters. The third-order valence-electron chi connectivity index (χ3n) is 4.20. The molecule has 2 N–H and O–H groups in total. The molecule has 27 heavy (non-hydrogen) atoms. The summed E-state index contributed by atoms with van der Waals surface area (Å²) in [6.07, 6.45) is 0. The lowest BCUT2D eigenvalue weighted by molar-refractivity contribution is -0.120. The van der Waals surface area contributed by atoms with Crippen molar-refractivity contribution < 1.29 is 9.18 Å². The van der Waals surface area contributed by atoms with Crippen molar-refractivity contribution in [2.75, 3.05) is 6.54 Å². The molecule has 7 heteroatoms. The lowest BCUT2D eigenvalue weighted by atomic mass is 10.0. The smallest absolute Gasteiger partial charge is 0.233 e. The van der Waals surface area contributed by atoms with Crippen LogP contribution in [-0.4, -0.2) is 32.9 Å². The molecule has 0 bridgehead atoms. The zero-order valence-electron chi connectivity index (χ0n) is 15.1. The number of carbonyl (C=O) groups is 1. The second kappa shape index (κ2) is 8.81. The number of halogens is 1. The number of benzene rings is 2. The van der Waals surface area contributed by atoms with Gasteiger partial charge in [0.05, 0.1) is 10.8 Å². The minimum atomic E-state index is -0.370. The van der Waals surface area contributed by atoms with Gasteiger partial charge in [-0.25, -0.2) is 9.37 Å². The monoisotopic (exact) mass is 384 g/mol. The fourth-order valence-electron chi connectivity index (χ4n) is 2.58. The van der Waals surface area contributed by atoms with E-state index in [-0.39, 0.29) is 22.9 Å². The average Bonchev–Trinajstić information content (AvgIpc) is 3.15. The van der Waals surface area contributed by atoms with E-state index in [0.29, 0.717) is 23.1 Å². The molecule has 2 aromatic carbocycles. The van der Waals surface area contributed by atoms with Gasteiger partial charge in [0.1, 0.15) is 5.82 Å². The van der Waals surface area contributed by atoms with E-state index >= 15 is 0 Å². The number of aromatic amines is 1. The SMILES string of the molecule is CC(Sc1n[nH]c(-c2ccccc2F)n1)C(=O)NCC(C)c1ccccc1. The van der Waals surface area contributed by atoms with E-state index in [1.807, 2.05) is 30.3 Å². The van der Waals surface area contributed by atoms with Crippen LogP contribution in [0.15, 0.2) is 59.8 Å². The first kappa shape index (κ1) is 19.1. The second-order valence-corrected chi connectivity index (χ2v) is 7.57. The van der Waals surface area contributed by atoms with Gasteiger partial charge in [0.15, 0.2) is 5.82 Å². The first-order valence-corrected chi connectivity index (χ1v) is 9.59. The molecule has 140 valence electrons. The number of aromatic nitrogens is 3. The van der Waals surface area contributed by atoms with E-state index in [2.05, 4.69) is 27.4 Å². The highest BCUT2D eigenvalue weighted by molar-refractivity contribution is 8.00. The number of amides is 1.